The highest BCUT2D eigenvalue weighted by atomic mass is 16.5. The van der Waals surface area contributed by atoms with Crippen molar-refractivity contribution < 1.29 is 9.53 Å². The predicted molar refractivity (Wildman–Crippen MR) is 137 cm³/mol. The Balaban J connectivity index is 1.65. The smallest absolute Gasteiger partial charge is 0.355 e. The summed E-state index contributed by atoms with van der Waals surface area (Å²) in [5.74, 6) is 0.0973. The Morgan fingerprint density at radius 1 is 0.735 bits per heavy atom. The number of nitrogens with one attached hydrogen (secondary N) is 1. The zero-order chi connectivity index (χ0) is 23.1. The maximum Gasteiger partial charge on any atom is 0.355 e. The van der Waals surface area contributed by atoms with Gasteiger partial charge in [0, 0.05) is 11.8 Å². The number of aromatic nitrogens is 1. The Labute approximate surface area is 200 Å². The molecule has 2 bridgehead atoms. The van der Waals surface area contributed by atoms with E-state index in [-0.39, 0.29) is 17.8 Å². The lowest BCUT2D eigenvalue weighted by molar-refractivity contribution is 0.0518. The lowest BCUT2D eigenvalue weighted by atomic mass is 9.61. The summed E-state index contributed by atoms with van der Waals surface area (Å²) < 4.78 is 5.52. The summed E-state index contributed by atoms with van der Waals surface area (Å²) in [6.45, 7) is 2.22. The van der Waals surface area contributed by atoms with Gasteiger partial charge in [-0.2, -0.15) is 0 Å². The first-order valence-electron chi connectivity index (χ1n) is 12.1. The summed E-state index contributed by atoms with van der Waals surface area (Å²) >= 11 is 0. The quantitative estimate of drug-likeness (QED) is 0.324. The molecule has 3 nitrogen and oxygen atoms in total. The van der Waals surface area contributed by atoms with E-state index in [1.165, 1.54) is 27.8 Å². The van der Waals surface area contributed by atoms with Gasteiger partial charge in [-0.05, 0) is 58.7 Å². The number of aromatic amines is 1. The molecule has 168 valence electrons. The molecule has 4 aromatic rings. The fraction of sp³-hybridized carbons (Fsp3) is 0.194. The number of fused-ring (bicyclic) bond motifs is 1. The van der Waals surface area contributed by atoms with Crippen LogP contribution in [0.1, 0.15) is 64.3 Å². The first-order chi connectivity index (χ1) is 16.8. The molecular weight excluding hydrogens is 418 g/mol. The molecule has 0 saturated carbocycles. The SMILES string of the molecule is CCOC(=O)c1[nH]c(-c2ccccc2)c2c1C1CCC2C(c2ccccc2)=C1c1ccccc1. The van der Waals surface area contributed by atoms with E-state index in [0.29, 0.717) is 12.3 Å². The fourth-order valence-electron chi connectivity index (χ4n) is 5.97. The van der Waals surface area contributed by atoms with Crippen LogP contribution in [0.2, 0.25) is 0 Å². The molecule has 3 aromatic carbocycles. The molecule has 1 N–H and O–H groups in total. The van der Waals surface area contributed by atoms with Crippen molar-refractivity contribution in [3.63, 3.8) is 0 Å². The van der Waals surface area contributed by atoms with E-state index in [1.54, 1.807) is 0 Å². The number of H-pyrrole nitrogens is 1. The molecule has 2 unspecified atom stereocenters. The molecule has 3 heteroatoms. The molecule has 3 aliphatic rings. The van der Waals surface area contributed by atoms with Crippen LogP contribution in [0, 0.1) is 0 Å². The highest BCUT2D eigenvalue weighted by molar-refractivity contribution is 6.04. The van der Waals surface area contributed by atoms with Crippen LogP contribution in [-0.2, 0) is 4.74 Å². The summed E-state index contributed by atoms with van der Waals surface area (Å²) in [7, 11) is 0. The third-order valence-electron chi connectivity index (χ3n) is 7.22. The molecule has 3 aliphatic carbocycles. The molecule has 0 spiro atoms. The van der Waals surface area contributed by atoms with E-state index in [9.17, 15) is 4.79 Å². The zero-order valence-corrected chi connectivity index (χ0v) is 19.3. The Morgan fingerprint density at radius 3 is 1.71 bits per heavy atom. The number of carbonyl (C=O) groups excluding carboxylic acids is 1. The van der Waals surface area contributed by atoms with Crippen molar-refractivity contribution in [1.82, 2.24) is 4.98 Å². The molecule has 0 radical (unpaired) electrons. The van der Waals surface area contributed by atoms with E-state index >= 15 is 0 Å². The van der Waals surface area contributed by atoms with Gasteiger partial charge < -0.3 is 9.72 Å². The van der Waals surface area contributed by atoms with Crippen molar-refractivity contribution in [1.29, 1.82) is 0 Å². The Bertz CT molecular complexity index is 1370. The average molecular weight is 446 g/mol. The minimum Gasteiger partial charge on any atom is -0.461 e. The molecule has 0 amide bonds. The van der Waals surface area contributed by atoms with Crippen molar-refractivity contribution >= 4 is 17.1 Å². The van der Waals surface area contributed by atoms with Crippen LogP contribution >= 0.6 is 0 Å². The van der Waals surface area contributed by atoms with Crippen molar-refractivity contribution in [2.45, 2.75) is 31.6 Å². The van der Waals surface area contributed by atoms with Crippen LogP contribution in [0.3, 0.4) is 0 Å². The highest BCUT2D eigenvalue weighted by Crippen LogP contribution is 2.61. The molecule has 1 aromatic heterocycles. The lowest BCUT2D eigenvalue weighted by Crippen LogP contribution is -2.25. The topological polar surface area (TPSA) is 42.1 Å². The van der Waals surface area contributed by atoms with Crippen molar-refractivity contribution in [3.05, 3.63) is 119 Å². The molecule has 0 saturated heterocycles. The molecular formula is C31H27NO2. The minimum atomic E-state index is -0.262. The maximum absolute atomic E-state index is 13.2. The first kappa shape index (κ1) is 20.7. The second-order valence-electron chi connectivity index (χ2n) is 9.03. The molecule has 1 heterocycles. The number of carbonyl (C=O) groups is 1. The van der Waals surface area contributed by atoms with Gasteiger partial charge in [-0.25, -0.2) is 4.79 Å². The lowest BCUT2D eigenvalue weighted by Gasteiger charge is -2.42. The Kier molecular flexibility index (Phi) is 5.18. The van der Waals surface area contributed by atoms with Crippen LogP contribution in [-0.4, -0.2) is 17.6 Å². The van der Waals surface area contributed by atoms with Gasteiger partial charge in [0.1, 0.15) is 5.69 Å². The normalized spacial score (nSPS) is 18.6. The first-order valence-corrected chi connectivity index (χ1v) is 12.1. The van der Waals surface area contributed by atoms with Gasteiger partial charge in [-0.15, -0.1) is 0 Å². The minimum absolute atomic E-state index is 0.144. The molecule has 0 fully saturated rings. The van der Waals surface area contributed by atoms with Gasteiger partial charge in [0.05, 0.1) is 12.3 Å². The van der Waals surface area contributed by atoms with Gasteiger partial charge in [0.2, 0.25) is 0 Å². The summed E-state index contributed by atoms with van der Waals surface area (Å²) in [5, 5.41) is 0. The van der Waals surface area contributed by atoms with E-state index in [2.05, 4.69) is 89.9 Å². The number of hydrogen-bond donors (Lipinski definition) is 1. The third-order valence-corrected chi connectivity index (χ3v) is 7.22. The van der Waals surface area contributed by atoms with Crippen LogP contribution < -0.4 is 0 Å². The van der Waals surface area contributed by atoms with E-state index in [0.717, 1.165) is 29.7 Å². The van der Waals surface area contributed by atoms with Crippen molar-refractivity contribution in [3.8, 4) is 11.3 Å². The van der Waals surface area contributed by atoms with Gasteiger partial charge in [0.25, 0.3) is 0 Å². The number of ether oxygens (including phenoxy) is 1. The van der Waals surface area contributed by atoms with Crippen LogP contribution in [0.15, 0.2) is 91.0 Å². The number of hydrogen-bond acceptors (Lipinski definition) is 2. The standard InChI is InChI=1S/C31H27NO2/c1-2-34-31(33)30-28-24-19-18-23(27(28)29(32-30)22-16-10-5-11-17-22)25(20-12-6-3-7-13-20)26(24)21-14-8-4-9-15-21/h3-17,23-24,32H,2,18-19H2,1H3. The predicted octanol–water partition coefficient (Wildman–Crippen LogP) is 7.44. The summed E-state index contributed by atoms with van der Waals surface area (Å²) in [5.41, 5.74) is 10.4. The number of benzene rings is 3. The number of esters is 1. The van der Waals surface area contributed by atoms with E-state index < -0.39 is 0 Å². The number of allylic oxidation sites excluding steroid dienone is 2. The van der Waals surface area contributed by atoms with Crippen molar-refractivity contribution in [2.75, 3.05) is 6.61 Å². The second kappa shape index (κ2) is 8.49. The molecule has 7 rings (SSSR count). The molecule has 0 aliphatic heterocycles. The largest absolute Gasteiger partial charge is 0.461 e. The third kappa shape index (κ3) is 3.23. The van der Waals surface area contributed by atoms with E-state index in [1.807, 2.05) is 13.0 Å². The fourth-order valence-corrected chi connectivity index (χ4v) is 5.97. The van der Waals surface area contributed by atoms with Gasteiger partial charge in [-0.3, -0.25) is 0 Å². The van der Waals surface area contributed by atoms with Gasteiger partial charge in [0.15, 0.2) is 0 Å². The maximum atomic E-state index is 13.2. The summed E-state index contributed by atoms with van der Waals surface area (Å²) in [6, 6.07) is 31.8. The summed E-state index contributed by atoms with van der Waals surface area (Å²) in [6.07, 6.45) is 2.09. The van der Waals surface area contributed by atoms with Crippen molar-refractivity contribution in [2.24, 2.45) is 0 Å². The van der Waals surface area contributed by atoms with Crippen LogP contribution in [0.25, 0.3) is 22.4 Å². The summed E-state index contributed by atoms with van der Waals surface area (Å²) in [4.78, 5) is 16.7. The van der Waals surface area contributed by atoms with Gasteiger partial charge in [-0.1, -0.05) is 91.0 Å². The Hall–Kier alpha value is -3.85. The molecule has 34 heavy (non-hydrogen) atoms. The Morgan fingerprint density at radius 2 is 1.21 bits per heavy atom. The monoisotopic (exact) mass is 445 g/mol. The zero-order valence-electron chi connectivity index (χ0n) is 19.3. The van der Waals surface area contributed by atoms with Crippen LogP contribution in [0.4, 0.5) is 0 Å². The van der Waals surface area contributed by atoms with E-state index in [4.69, 9.17) is 4.74 Å². The van der Waals surface area contributed by atoms with Crippen LogP contribution in [0.5, 0.6) is 0 Å². The highest BCUT2D eigenvalue weighted by Gasteiger charge is 2.45. The number of rotatable bonds is 5. The second-order valence-corrected chi connectivity index (χ2v) is 9.03. The average Bonchev–Trinajstić information content (AvgIpc) is 3.33. The van der Waals surface area contributed by atoms with Gasteiger partial charge >= 0.3 is 5.97 Å². The molecule has 2 atom stereocenters.